The fraction of sp³-hybridized carbons (Fsp3) is 0.250. The maximum atomic E-state index is 13.4. The maximum Gasteiger partial charge on any atom is 0.352 e. The predicted octanol–water partition coefficient (Wildman–Crippen LogP) is 5.61. The van der Waals surface area contributed by atoms with E-state index in [1.54, 1.807) is 23.8 Å². The zero-order valence-corrected chi connectivity index (χ0v) is 20.0. The lowest BCUT2D eigenvalue weighted by Crippen LogP contribution is -2.17. The van der Waals surface area contributed by atoms with Crippen LogP contribution in [0.2, 0.25) is 0 Å². The first-order chi connectivity index (χ1) is 16.9. The number of hydrogen-bond donors (Lipinski definition) is 2. The van der Waals surface area contributed by atoms with E-state index in [0.717, 1.165) is 27.8 Å². The lowest BCUT2D eigenvalue weighted by atomic mass is 10.1. The number of methoxy groups -OCH3 is 1. The van der Waals surface area contributed by atoms with E-state index in [-0.39, 0.29) is 17.6 Å². The Bertz CT molecular complexity index is 1310. The quantitative estimate of drug-likeness (QED) is 0.311. The molecule has 0 radical (unpaired) electrons. The largest absolute Gasteiger partial charge is 0.497 e. The highest BCUT2D eigenvalue weighted by molar-refractivity contribution is 5.98. The fourth-order valence-electron chi connectivity index (χ4n) is 4.18. The van der Waals surface area contributed by atoms with E-state index < -0.39 is 5.97 Å². The molecule has 1 aromatic heterocycles. The topological polar surface area (TPSA) is 72.7 Å². The first-order valence-corrected chi connectivity index (χ1v) is 11.5. The van der Waals surface area contributed by atoms with Gasteiger partial charge in [-0.15, -0.1) is 0 Å². The third-order valence-corrected chi connectivity index (χ3v) is 5.76. The van der Waals surface area contributed by atoms with Crippen molar-refractivity contribution in [3.63, 3.8) is 0 Å². The van der Waals surface area contributed by atoms with E-state index in [0.29, 0.717) is 30.9 Å². The van der Waals surface area contributed by atoms with Crippen LogP contribution < -0.4 is 14.8 Å². The minimum absolute atomic E-state index is 0.110. The van der Waals surface area contributed by atoms with Crippen molar-refractivity contribution in [1.29, 1.82) is 0 Å². The van der Waals surface area contributed by atoms with Gasteiger partial charge in [-0.1, -0.05) is 24.3 Å². The van der Waals surface area contributed by atoms with Crippen molar-refractivity contribution in [3.05, 3.63) is 94.9 Å². The van der Waals surface area contributed by atoms with Crippen molar-refractivity contribution in [2.45, 2.75) is 39.6 Å². The Balaban J connectivity index is 1.64. The van der Waals surface area contributed by atoms with Gasteiger partial charge in [0.25, 0.3) is 0 Å². The first-order valence-electron chi connectivity index (χ1n) is 11.5. The monoisotopic (exact) mass is 476 g/mol. The molecular weight excluding hydrogens is 447 g/mol. The van der Waals surface area contributed by atoms with Crippen molar-refractivity contribution >= 4 is 16.9 Å². The van der Waals surface area contributed by atoms with Crippen LogP contribution in [0.3, 0.4) is 0 Å². The second-order valence-electron chi connectivity index (χ2n) is 8.64. The molecule has 6 nitrogen and oxygen atoms in total. The molecule has 35 heavy (non-hydrogen) atoms. The molecule has 7 heteroatoms. The van der Waals surface area contributed by atoms with Crippen molar-refractivity contribution in [2.75, 3.05) is 7.11 Å². The summed E-state index contributed by atoms with van der Waals surface area (Å²) in [6, 6.07) is 19.5. The molecular formula is C28H29FN2O4. The van der Waals surface area contributed by atoms with Crippen LogP contribution >= 0.6 is 0 Å². The third kappa shape index (κ3) is 5.63. The zero-order chi connectivity index (χ0) is 24.9. The Morgan fingerprint density at radius 2 is 1.63 bits per heavy atom. The van der Waals surface area contributed by atoms with E-state index in [4.69, 9.17) is 9.47 Å². The Kier molecular flexibility index (Phi) is 7.36. The Labute approximate surface area is 203 Å². The number of halogens is 1. The minimum atomic E-state index is -1.02. The van der Waals surface area contributed by atoms with Gasteiger partial charge in [-0.05, 0) is 61.4 Å². The Morgan fingerprint density at radius 1 is 0.971 bits per heavy atom. The molecule has 0 aliphatic heterocycles. The molecule has 182 valence electrons. The highest BCUT2D eigenvalue weighted by Gasteiger charge is 2.23. The number of carboxylic acids is 1. The molecule has 0 bridgehead atoms. The van der Waals surface area contributed by atoms with Gasteiger partial charge in [0, 0.05) is 36.7 Å². The Hall–Kier alpha value is -3.84. The molecule has 1 heterocycles. The Morgan fingerprint density at radius 3 is 2.26 bits per heavy atom. The molecule has 0 fully saturated rings. The van der Waals surface area contributed by atoms with Crippen LogP contribution in [-0.2, 0) is 19.6 Å². The molecule has 0 aliphatic carbocycles. The van der Waals surface area contributed by atoms with Crippen molar-refractivity contribution < 1.29 is 23.8 Å². The van der Waals surface area contributed by atoms with Crippen LogP contribution in [0.4, 0.5) is 4.39 Å². The number of aromatic carboxylic acids is 1. The number of fused-ring (bicyclic) bond motifs is 1. The van der Waals surface area contributed by atoms with Gasteiger partial charge in [-0.25, -0.2) is 9.18 Å². The number of carboxylic acid groups (broad SMARTS) is 1. The van der Waals surface area contributed by atoms with Gasteiger partial charge in [-0.3, -0.25) is 0 Å². The predicted molar refractivity (Wildman–Crippen MR) is 134 cm³/mol. The summed E-state index contributed by atoms with van der Waals surface area (Å²) in [4.78, 5) is 12.4. The van der Waals surface area contributed by atoms with E-state index in [1.165, 1.54) is 12.1 Å². The summed E-state index contributed by atoms with van der Waals surface area (Å²) < 4.78 is 26.2. The lowest BCUT2D eigenvalue weighted by molar-refractivity contribution is 0.0684. The molecule has 0 saturated heterocycles. The average Bonchev–Trinajstić information content (AvgIpc) is 3.14. The van der Waals surface area contributed by atoms with E-state index in [2.05, 4.69) is 5.32 Å². The van der Waals surface area contributed by atoms with E-state index in [9.17, 15) is 14.3 Å². The van der Waals surface area contributed by atoms with Gasteiger partial charge in [0.15, 0.2) is 0 Å². The van der Waals surface area contributed by atoms with Crippen LogP contribution in [-0.4, -0.2) is 28.9 Å². The maximum absolute atomic E-state index is 13.4. The average molecular weight is 477 g/mol. The SMILES string of the molecule is COc1ccc2c(CNCc3ccc(OC(C)C)cc3)c(C(=O)O)n(Cc3ccc(F)cc3)c2c1. The van der Waals surface area contributed by atoms with Crippen molar-refractivity contribution in [1.82, 2.24) is 9.88 Å². The standard InChI is InChI=1S/C28H29FN2O4/c1-18(2)35-22-10-6-19(7-11-22)15-30-16-25-24-13-12-23(34-3)14-26(24)31(27(25)28(32)33)17-20-4-8-21(29)9-5-20/h4-14,18,30H,15-17H2,1-3H3,(H,32,33). The number of aromatic nitrogens is 1. The molecule has 3 aromatic carbocycles. The van der Waals surface area contributed by atoms with Gasteiger partial charge in [0.05, 0.1) is 18.7 Å². The van der Waals surface area contributed by atoms with Gasteiger partial charge in [0.1, 0.15) is 23.0 Å². The second-order valence-corrected chi connectivity index (χ2v) is 8.64. The summed E-state index contributed by atoms with van der Waals surface area (Å²) in [6.45, 7) is 5.20. The van der Waals surface area contributed by atoms with Gasteiger partial charge >= 0.3 is 5.97 Å². The number of nitrogens with zero attached hydrogens (tertiary/aromatic N) is 1. The second kappa shape index (κ2) is 10.6. The molecule has 4 aromatic rings. The zero-order valence-electron chi connectivity index (χ0n) is 20.0. The van der Waals surface area contributed by atoms with Crippen LogP contribution in [0.15, 0.2) is 66.7 Å². The summed E-state index contributed by atoms with van der Waals surface area (Å²) in [5.74, 6) is 0.0967. The summed E-state index contributed by atoms with van der Waals surface area (Å²) in [7, 11) is 1.58. The van der Waals surface area contributed by atoms with E-state index in [1.807, 2.05) is 56.3 Å². The molecule has 2 N–H and O–H groups in total. The first kappa shape index (κ1) is 24.3. The molecule has 0 amide bonds. The number of ether oxygens (including phenoxy) is 2. The van der Waals surface area contributed by atoms with E-state index >= 15 is 0 Å². The van der Waals surface area contributed by atoms with Crippen LogP contribution in [0.25, 0.3) is 10.9 Å². The number of benzene rings is 3. The van der Waals surface area contributed by atoms with Crippen LogP contribution in [0, 0.1) is 5.82 Å². The summed E-state index contributed by atoms with van der Waals surface area (Å²) in [6.07, 6.45) is 0.110. The normalized spacial score (nSPS) is 11.2. The number of nitrogens with one attached hydrogen (secondary N) is 1. The number of rotatable bonds is 10. The smallest absolute Gasteiger partial charge is 0.352 e. The van der Waals surface area contributed by atoms with Gasteiger partial charge < -0.3 is 24.5 Å². The van der Waals surface area contributed by atoms with Gasteiger partial charge in [0.2, 0.25) is 0 Å². The number of carbonyl (C=O) groups is 1. The molecule has 0 unspecified atom stereocenters. The van der Waals surface area contributed by atoms with Crippen molar-refractivity contribution in [3.8, 4) is 11.5 Å². The summed E-state index contributed by atoms with van der Waals surface area (Å²) in [5, 5.41) is 14.4. The number of hydrogen-bond acceptors (Lipinski definition) is 4. The van der Waals surface area contributed by atoms with Gasteiger partial charge in [-0.2, -0.15) is 0 Å². The third-order valence-electron chi connectivity index (χ3n) is 5.76. The molecule has 0 spiro atoms. The molecule has 0 saturated carbocycles. The molecule has 0 atom stereocenters. The molecule has 4 rings (SSSR count). The summed E-state index contributed by atoms with van der Waals surface area (Å²) in [5.41, 5.74) is 3.51. The highest BCUT2D eigenvalue weighted by Crippen LogP contribution is 2.31. The minimum Gasteiger partial charge on any atom is -0.497 e. The van der Waals surface area contributed by atoms with Crippen LogP contribution in [0.1, 0.15) is 41.0 Å². The lowest BCUT2D eigenvalue weighted by Gasteiger charge is -2.11. The fourth-order valence-corrected chi connectivity index (χ4v) is 4.18. The molecule has 0 aliphatic rings. The van der Waals surface area contributed by atoms with Crippen molar-refractivity contribution in [2.24, 2.45) is 0 Å². The highest BCUT2D eigenvalue weighted by atomic mass is 19.1. The van der Waals surface area contributed by atoms with Crippen LogP contribution in [0.5, 0.6) is 11.5 Å². The summed E-state index contributed by atoms with van der Waals surface area (Å²) >= 11 is 0.